The highest BCUT2D eigenvalue weighted by molar-refractivity contribution is 9.10. The Morgan fingerprint density at radius 1 is 1.21 bits per heavy atom. The Kier molecular flexibility index (Phi) is 4.77. The number of fused-ring (bicyclic) bond motifs is 1. The summed E-state index contributed by atoms with van der Waals surface area (Å²) in [5.74, 6) is -1.17. The van der Waals surface area contributed by atoms with Gasteiger partial charge in [0.05, 0.1) is 22.5 Å². The second-order valence-electron chi connectivity index (χ2n) is 6.01. The molecule has 0 fully saturated rings. The third-order valence-corrected chi connectivity index (χ3v) is 4.67. The van der Waals surface area contributed by atoms with Crippen LogP contribution in [-0.4, -0.2) is 25.4 Å². The first-order valence-corrected chi connectivity index (χ1v) is 9.07. The fourth-order valence-corrected chi connectivity index (χ4v) is 3.16. The summed E-state index contributed by atoms with van der Waals surface area (Å²) < 4.78 is 16.0. The lowest BCUT2D eigenvalue weighted by atomic mass is 10.1. The summed E-state index contributed by atoms with van der Waals surface area (Å²) in [6.07, 6.45) is 2.79. The molecule has 29 heavy (non-hydrogen) atoms. The van der Waals surface area contributed by atoms with Gasteiger partial charge in [0.15, 0.2) is 5.65 Å². The molecule has 0 bridgehead atoms. The van der Waals surface area contributed by atoms with E-state index in [1.165, 1.54) is 41.2 Å². The Balaban J connectivity index is 1.73. The molecule has 1 N–H and O–H groups in total. The van der Waals surface area contributed by atoms with E-state index in [9.17, 15) is 19.3 Å². The number of carbonyl (C=O) groups is 1. The van der Waals surface area contributed by atoms with Gasteiger partial charge in [-0.2, -0.15) is 5.10 Å². The molecule has 2 aromatic carbocycles. The predicted molar refractivity (Wildman–Crippen MR) is 107 cm³/mol. The molecular weight excluding hydrogens is 445 g/mol. The molecule has 0 spiro atoms. The molecule has 2 aromatic heterocycles. The van der Waals surface area contributed by atoms with E-state index in [1.54, 1.807) is 24.3 Å². The summed E-state index contributed by atoms with van der Waals surface area (Å²) in [4.78, 5) is 27.4. The van der Waals surface area contributed by atoms with Gasteiger partial charge in [0.2, 0.25) is 0 Å². The maximum absolute atomic E-state index is 14.0. The van der Waals surface area contributed by atoms with Gasteiger partial charge in [0.25, 0.3) is 11.6 Å². The van der Waals surface area contributed by atoms with Crippen molar-refractivity contribution in [1.29, 1.82) is 0 Å². The molecule has 0 aliphatic heterocycles. The average Bonchev–Trinajstić information content (AvgIpc) is 3.14. The highest BCUT2D eigenvalue weighted by Crippen LogP contribution is 2.25. The number of carbonyl (C=O) groups excluding carboxylic acids is 1. The number of hydrogen-bond acceptors (Lipinski definition) is 5. The number of nitrogens with zero attached hydrogens (tertiary/aromatic N) is 4. The van der Waals surface area contributed by atoms with Crippen molar-refractivity contribution in [2.75, 3.05) is 5.32 Å². The Morgan fingerprint density at radius 2 is 2.03 bits per heavy atom. The van der Waals surface area contributed by atoms with Crippen molar-refractivity contribution in [3.05, 3.63) is 86.9 Å². The first kappa shape index (κ1) is 18.7. The van der Waals surface area contributed by atoms with E-state index in [-0.39, 0.29) is 22.6 Å². The van der Waals surface area contributed by atoms with E-state index >= 15 is 0 Å². The van der Waals surface area contributed by atoms with Crippen molar-refractivity contribution in [2.24, 2.45) is 0 Å². The second kappa shape index (κ2) is 7.40. The molecule has 144 valence electrons. The molecule has 4 aromatic rings. The molecule has 2 heterocycles. The Bertz CT molecular complexity index is 1270. The Morgan fingerprint density at radius 3 is 2.79 bits per heavy atom. The molecular formula is C19H11BrFN5O3. The minimum absolute atomic E-state index is 0.0207. The van der Waals surface area contributed by atoms with Gasteiger partial charge in [0, 0.05) is 28.4 Å². The molecule has 8 nitrogen and oxygen atoms in total. The lowest BCUT2D eigenvalue weighted by molar-refractivity contribution is -0.384. The molecule has 4 rings (SSSR count). The SMILES string of the molecule is O=C(Nc1ccc(Br)cc1F)c1cnn2c(-c3cccc([N+](=O)[O-])c3)ccnc12. The van der Waals surface area contributed by atoms with Crippen LogP contribution in [0.25, 0.3) is 16.9 Å². The maximum Gasteiger partial charge on any atom is 0.270 e. The number of nitro groups is 1. The number of amides is 1. The summed E-state index contributed by atoms with van der Waals surface area (Å²) in [7, 11) is 0. The predicted octanol–water partition coefficient (Wildman–Crippen LogP) is 4.46. The van der Waals surface area contributed by atoms with E-state index in [1.807, 2.05) is 0 Å². The van der Waals surface area contributed by atoms with Gasteiger partial charge in [-0.15, -0.1) is 0 Å². The standard InChI is InChI=1S/C19H11BrFN5O3/c20-12-4-5-16(15(21)9-12)24-19(27)14-10-23-25-17(6-7-22-18(14)25)11-2-1-3-13(8-11)26(28)29/h1-10H,(H,24,27). The van der Waals surface area contributed by atoms with Crippen LogP contribution >= 0.6 is 15.9 Å². The average molecular weight is 456 g/mol. The van der Waals surface area contributed by atoms with Crippen LogP contribution in [0.1, 0.15) is 10.4 Å². The Labute approximate surface area is 171 Å². The number of rotatable bonds is 4. The number of anilines is 1. The van der Waals surface area contributed by atoms with Crippen LogP contribution < -0.4 is 5.32 Å². The number of non-ortho nitro benzene ring substituents is 1. The van der Waals surface area contributed by atoms with Crippen molar-refractivity contribution < 1.29 is 14.1 Å². The van der Waals surface area contributed by atoms with E-state index in [4.69, 9.17) is 0 Å². The minimum atomic E-state index is -0.588. The van der Waals surface area contributed by atoms with Gasteiger partial charge < -0.3 is 5.32 Å². The Hall–Kier alpha value is -3.66. The van der Waals surface area contributed by atoms with Gasteiger partial charge in [-0.25, -0.2) is 13.9 Å². The van der Waals surface area contributed by atoms with E-state index < -0.39 is 16.6 Å². The van der Waals surface area contributed by atoms with Crippen LogP contribution in [0.5, 0.6) is 0 Å². The summed E-state index contributed by atoms with van der Waals surface area (Å²) in [6, 6.07) is 12.0. The van der Waals surface area contributed by atoms with Crippen LogP contribution in [0.2, 0.25) is 0 Å². The second-order valence-corrected chi connectivity index (χ2v) is 6.93. The molecule has 0 radical (unpaired) electrons. The molecule has 10 heteroatoms. The largest absolute Gasteiger partial charge is 0.319 e. The number of aromatic nitrogens is 3. The molecule has 1 amide bonds. The highest BCUT2D eigenvalue weighted by atomic mass is 79.9. The molecule has 0 aliphatic carbocycles. The number of nitrogens with one attached hydrogen (secondary N) is 1. The van der Waals surface area contributed by atoms with Crippen molar-refractivity contribution in [3.8, 4) is 11.3 Å². The topological polar surface area (TPSA) is 102 Å². The van der Waals surface area contributed by atoms with Crippen LogP contribution in [0.3, 0.4) is 0 Å². The van der Waals surface area contributed by atoms with Gasteiger partial charge in [-0.1, -0.05) is 28.1 Å². The number of nitro benzene ring substituents is 1. The summed E-state index contributed by atoms with van der Waals surface area (Å²) >= 11 is 3.16. The van der Waals surface area contributed by atoms with Crippen molar-refractivity contribution >= 4 is 38.9 Å². The summed E-state index contributed by atoms with van der Waals surface area (Å²) in [5.41, 5.74) is 1.40. The first-order valence-electron chi connectivity index (χ1n) is 8.28. The first-order chi connectivity index (χ1) is 13.9. The minimum Gasteiger partial charge on any atom is -0.319 e. The van der Waals surface area contributed by atoms with E-state index in [0.717, 1.165) is 0 Å². The summed E-state index contributed by atoms with van der Waals surface area (Å²) in [6.45, 7) is 0. The quantitative estimate of drug-likeness (QED) is 0.361. The smallest absolute Gasteiger partial charge is 0.270 e. The fourth-order valence-electron chi connectivity index (χ4n) is 2.83. The van der Waals surface area contributed by atoms with E-state index in [2.05, 4.69) is 31.3 Å². The zero-order chi connectivity index (χ0) is 20.5. The monoisotopic (exact) mass is 455 g/mol. The third kappa shape index (κ3) is 3.57. The van der Waals surface area contributed by atoms with Crippen LogP contribution in [0, 0.1) is 15.9 Å². The van der Waals surface area contributed by atoms with Crippen LogP contribution in [0.15, 0.2) is 65.4 Å². The fraction of sp³-hybridized carbons (Fsp3) is 0. The van der Waals surface area contributed by atoms with Gasteiger partial charge in [0.1, 0.15) is 11.4 Å². The molecule has 0 atom stereocenters. The third-order valence-electron chi connectivity index (χ3n) is 4.18. The zero-order valence-electron chi connectivity index (χ0n) is 14.5. The highest BCUT2D eigenvalue weighted by Gasteiger charge is 2.18. The molecule has 0 saturated carbocycles. The van der Waals surface area contributed by atoms with Crippen LogP contribution in [-0.2, 0) is 0 Å². The van der Waals surface area contributed by atoms with E-state index in [0.29, 0.717) is 15.7 Å². The molecule has 0 unspecified atom stereocenters. The number of halogens is 2. The van der Waals surface area contributed by atoms with Gasteiger partial charge in [-0.05, 0) is 24.3 Å². The lowest BCUT2D eigenvalue weighted by Gasteiger charge is -2.07. The number of benzene rings is 2. The molecule has 0 saturated heterocycles. The van der Waals surface area contributed by atoms with Crippen molar-refractivity contribution in [3.63, 3.8) is 0 Å². The maximum atomic E-state index is 14.0. The van der Waals surface area contributed by atoms with Gasteiger partial charge >= 0.3 is 0 Å². The zero-order valence-corrected chi connectivity index (χ0v) is 16.1. The van der Waals surface area contributed by atoms with Gasteiger partial charge in [-0.3, -0.25) is 14.9 Å². The lowest BCUT2D eigenvalue weighted by Crippen LogP contribution is -2.13. The van der Waals surface area contributed by atoms with Crippen molar-refractivity contribution in [2.45, 2.75) is 0 Å². The van der Waals surface area contributed by atoms with Crippen molar-refractivity contribution in [1.82, 2.24) is 14.6 Å². The normalized spacial score (nSPS) is 10.8. The molecule has 0 aliphatic rings. The summed E-state index contributed by atoms with van der Waals surface area (Å²) in [5, 5.41) is 17.7. The number of hydrogen-bond donors (Lipinski definition) is 1. The van der Waals surface area contributed by atoms with Crippen LogP contribution in [0.4, 0.5) is 15.8 Å².